The SMILES string of the molecule is Cc1c(Cl)ccc2c1NC(=O)[C@@]21N[C@H]([C@H](C)O)[C@H]2C(=O)N(CCc3ccccc3)C(=O)[C@H]21. The largest absolute Gasteiger partial charge is 0.392 e. The average Bonchev–Trinajstić information content (AvgIpc) is 3.36. The van der Waals surface area contributed by atoms with E-state index in [-0.39, 0.29) is 18.4 Å². The number of amides is 3. The topological polar surface area (TPSA) is 98.7 Å². The number of fused-ring (bicyclic) bond motifs is 4. The highest BCUT2D eigenvalue weighted by molar-refractivity contribution is 6.32. The summed E-state index contributed by atoms with van der Waals surface area (Å²) in [6, 6.07) is 12.3. The molecule has 2 saturated heterocycles. The van der Waals surface area contributed by atoms with Gasteiger partial charge in [-0.15, -0.1) is 0 Å². The van der Waals surface area contributed by atoms with Crippen LogP contribution in [0.3, 0.4) is 0 Å². The van der Waals surface area contributed by atoms with Crippen LogP contribution < -0.4 is 10.6 Å². The third-order valence-corrected chi connectivity index (χ3v) is 7.51. The van der Waals surface area contributed by atoms with Gasteiger partial charge in [-0.1, -0.05) is 48.0 Å². The Labute approximate surface area is 190 Å². The Kier molecular flexibility index (Phi) is 4.89. The third kappa shape index (κ3) is 2.78. The van der Waals surface area contributed by atoms with E-state index in [0.717, 1.165) is 5.56 Å². The summed E-state index contributed by atoms with van der Waals surface area (Å²) in [6.45, 7) is 3.59. The number of carbonyl (C=O) groups excluding carboxylic acids is 3. The number of hydrogen-bond donors (Lipinski definition) is 3. The Morgan fingerprint density at radius 1 is 1.12 bits per heavy atom. The van der Waals surface area contributed by atoms with Crippen LogP contribution in [-0.4, -0.2) is 46.4 Å². The van der Waals surface area contributed by atoms with E-state index in [1.807, 2.05) is 30.3 Å². The lowest BCUT2D eigenvalue weighted by atomic mass is 9.76. The predicted octanol–water partition coefficient (Wildman–Crippen LogP) is 1.99. The van der Waals surface area contributed by atoms with Crippen LogP contribution in [0.2, 0.25) is 5.02 Å². The summed E-state index contributed by atoms with van der Waals surface area (Å²) in [5.74, 6) is -2.90. The van der Waals surface area contributed by atoms with Crippen LogP contribution in [0.1, 0.15) is 23.6 Å². The number of aliphatic hydroxyl groups is 1. The number of nitrogens with one attached hydrogen (secondary N) is 2. The summed E-state index contributed by atoms with van der Waals surface area (Å²) in [7, 11) is 0. The van der Waals surface area contributed by atoms with Crippen LogP contribution >= 0.6 is 11.6 Å². The van der Waals surface area contributed by atoms with Crippen molar-refractivity contribution in [3.05, 3.63) is 64.2 Å². The van der Waals surface area contributed by atoms with Crippen molar-refractivity contribution < 1.29 is 19.5 Å². The van der Waals surface area contributed by atoms with Crippen molar-refractivity contribution in [1.82, 2.24) is 10.2 Å². The van der Waals surface area contributed by atoms with Crippen molar-refractivity contribution in [2.45, 2.75) is 38.0 Å². The first-order chi connectivity index (χ1) is 15.3. The fourth-order valence-electron chi connectivity index (χ4n) is 5.50. The standard InChI is InChI=1S/C24H24ClN3O4/c1-12-16(25)9-8-15-19(12)26-23(32)24(15)18-17(20(27-24)13(2)29)21(30)28(22(18)31)11-10-14-6-4-3-5-7-14/h3-9,13,17-18,20,27,29H,10-11H2,1-2H3,(H,26,32)/t13-,17-,18-,20+,24+/m0/s1. The number of rotatable bonds is 4. The van der Waals surface area contributed by atoms with Crippen LogP contribution in [-0.2, 0) is 26.3 Å². The van der Waals surface area contributed by atoms with Gasteiger partial charge in [-0.2, -0.15) is 0 Å². The maximum Gasteiger partial charge on any atom is 0.250 e. The molecular formula is C24H24ClN3O4. The van der Waals surface area contributed by atoms with Crippen LogP contribution in [0, 0.1) is 18.8 Å². The maximum atomic E-state index is 13.6. The zero-order valence-corrected chi connectivity index (χ0v) is 18.5. The quantitative estimate of drug-likeness (QED) is 0.615. The fourth-order valence-corrected chi connectivity index (χ4v) is 5.66. The average molecular weight is 454 g/mol. The van der Waals surface area contributed by atoms with Crippen molar-refractivity contribution in [3.63, 3.8) is 0 Å². The lowest BCUT2D eigenvalue weighted by Crippen LogP contribution is -2.55. The highest BCUT2D eigenvalue weighted by Crippen LogP contribution is 2.54. The third-order valence-electron chi connectivity index (χ3n) is 7.10. The molecule has 3 N–H and O–H groups in total. The van der Waals surface area contributed by atoms with Crippen LogP contribution in [0.4, 0.5) is 5.69 Å². The van der Waals surface area contributed by atoms with Gasteiger partial charge >= 0.3 is 0 Å². The highest BCUT2D eigenvalue weighted by atomic mass is 35.5. The zero-order chi connectivity index (χ0) is 22.8. The van der Waals surface area contributed by atoms with Gasteiger partial charge in [0, 0.05) is 23.2 Å². The molecule has 0 unspecified atom stereocenters. The Morgan fingerprint density at radius 3 is 2.53 bits per heavy atom. The van der Waals surface area contributed by atoms with E-state index in [2.05, 4.69) is 10.6 Å². The van der Waals surface area contributed by atoms with E-state index in [0.29, 0.717) is 28.3 Å². The molecule has 2 aromatic carbocycles. The fraction of sp³-hybridized carbons (Fsp3) is 0.375. The normalized spacial score (nSPS) is 29.4. The van der Waals surface area contributed by atoms with E-state index in [9.17, 15) is 19.5 Å². The van der Waals surface area contributed by atoms with Crippen molar-refractivity contribution >= 4 is 35.0 Å². The van der Waals surface area contributed by atoms with Gasteiger partial charge in [0.1, 0.15) is 5.54 Å². The smallest absolute Gasteiger partial charge is 0.250 e. The maximum absolute atomic E-state index is 13.6. The second-order valence-electron chi connectivity index (χ2n) is 8.83. The van der Waals surface area contributed by atoms with E-state index >= 15 is 0 Å². The number of anilines is 1. The molecule has 3 aliphatic heterocycles. The van der Waals surface area contributed by atoms with Crippen molar-refractivity contribution in [2.75, 3.05) is 11.9 Å². The van der Waals surface area contributed by atoms with Gasteiger partial charge in [0.25, 0.3) is 0 Å². The molecule has 0 aromatic heterocycles. The van der Waals surface area contributed by atoms with Gasteiger partial charge in [0.05, 0.1) is 23.6 Å². The summed E-state index contributed by atoms with van der Waals surface area (Å²) < 4.78 is 0. The molecule has 0 radical (unpaired) electrons. The summed E-state index contributed by atoms with van der Waals surface area (Å²) in [5, 5.41) is 17.0. The van der Waals surface area contributed by atoms with Gasteiger partial charge < -0.3 is 10.4 Å². The van der Waals surface area contributed by atoms with Crippen LogP contribution in [0.5, 0.6) is 0 Å². The molecule has 7 nitrogen and oxygen atoms in total. The minimum Gasteiger partial charge on any atom is -0.392 e. The Balaban J connectivity index is 1.57. The monoisotopic (exact) mass is 453 g/mol. The summed E-state index contributed by atoms with van der Waals surface area (Å²) in [5.41, 5.74) is 1.44. The molecular weight excluding hydrogens is 430 g/mol. The number of aliphatic hydroxyl groups excluding tert-OH is 1. The van der Waals surface area contributed by atoms with Gasteiger partial charge in [-0.3, -0.25) is 24.6 Å². The first kappa shape index (κ1) is 21.1. The molecule has 0 saturated carbocycles. The minimum absolute atomic E-state index is 0.228. The number of carbonyl (C=O) groups is 3. The van der Waals surface area contributed by atoms with Gasteiger partial charge in [0.15, 0.2) is 0 Å². The van der Waals surface area contributed by atoms with Gasteiger partial charge in [-0.25, -0.2) is 0 Å². The molecule has 0 aliphatic carbocycles. The van der Waals surface area contributed by atoms with Crippen molar-refractivity contribution in [1.29, 1.82) is 0 Å². The molecule has 8 heteroatoms. The van der Waals surface area contributed by atoms with Crippen molar-refractivity contribution in [3.8, 4) is 0 Å². The molecule has 32 heavy (non-hydrogen) atoms. The number of imide groups is 1. The van der Waals surface area contributed by atoms with E-state index in [1.54, 1.807) is 26.0 Å². The summed E-state index contributed by atoms with van der Waals surface area (Å²) >= 11 is 6.26. The lowest BCUT2D eigenvalue weighted by molar-refractivity contribution is -0.143. The number of halogens is 1. The highest BCUT2D eigenvalue weighted by Gasteiger charge is 2.71. The zero-order valence-electron chi connectivity index (χ0n) is 17.8. The first-order valence-corrected chi connectivity index (χ1v) is 11.1. The molecule has 5 atom stereocenters. The number of nitrogens with zero attached hydrogens (tertiary/aromatic N) is 1. The van der Waals surface area contributed by atoms with Gasteiger partial charge in [0.2, 0.25) is 17.7 Å². The molecule has 0 bridgehead atoms. The molecule has 166 valence electrons. The Morgan fingerprint density at radius 2 is 1.84 bits per heavy atom. The molecule has 3 amide bonds. The minimum atomic E-state index is -1.43. The van der Waals surface area contributed by atoms with E-state index < -0.39 is 35.4 Å². The van der Waals surface area contributed by atoms with Crippen LogP contribution in [0.25, 0.3) is 0 Å². The molecule has 3 aliphatic rings. The molecule has 3 heterocycles. The summed E-state index contributed by atoms with van der Waals surface area (Å²) in [6.07, 6.45) is -0.410. The van der Waals surface area contributed by atoms with Crippen LogP contribution in [0.15, 0.2) is 42.5 Å². The Hall–Kier alpha value is -2.74. The number of benzene rings is 2. The van der Waals surface area contributed by atoms with Crippen molar-refractivity contribution in [2.24, 2.45) is 11.8 Å². The Bertz CT molecular complexity index is 1140. The summed E-state index contributed by atoms with van der Waals surface area (Å²) in [4.78, 5) is 41.7. The first-order valence-electron chi connectivity index (χ1n) is 10.7. The molecule has 2 aromatic rings. The van der Waals surface area contributed by atoms with E-state index in [4.69, 9.17) is 11.6 Å². The second kappa shape index (κ2) is 7.40. The predicted molar refractivity (Wildman–Crippen MR) is 119 cm³/mol. The number of likely N-dealkylation sites (tertiary alicyclic amines) is 1. The lowest BCUT2D eigenvalue weighted by Gasteiger charge is -2.30. The van der Waals surface area contributed by atoms with E-state index in [1.165, 1.54) is 4.90 Å². The van der Waals surface area contributed by atoms with Gasteiger partial charge in [-0.05, 0) is 37.5 Å². The second-order valence-corrected chi connectivity index (χ2v) is 9.24. The molecule has 2 fully saturated rings. The molecule has 1 spiro atoms. The molecule has 5 rings (SSSR count). The number of hydrogen-bond acceptors (Lipinski definition) is 5.